The van der Waals surface area contributed by atoms with Crippen molar-refractivity contribution in [2.75, 3.05) is 20.3 Å². The first-order valence-corrected chi connectivity index (χ1v) is 5.56. The van der Waals surface area contributed by atoms with Gasteiger partial charge in [-0.15, -0.1) is 0 Å². The standard InChI is InChI=1S/C13H16N2O2/c1-16-8-9-17-13-5-2-4-12(10-13)11-15-7-3-6-14-15/h2-7,10H,8-9,11H2,1H3. The molecule has 2 rings (SSSR count). The fraction of sp³-hybridized carbons (Fsp3) is 0.308. The van der Waals surface area contributed by atoms with E-state index in [0.29, 0.717) is 13.2 Å². The third-order valence-corrected chi connectivity index (χ3v) is 2.36. The Balaban J connectivity index is 1.96. The number of benzene rings is 1. The maximum Gasteiger partial charge on any atom is 0.119 e. The molecule has 0 atom stereocenters. The quantitative estimate of drug-likeness (QED) is 0.714. The lowest BCUT2D eigenvalue weighted by atomic mass is 10.2. The van der Waals surface area contributed by atoms with Gasteiger partial charge in [-0.25, -0.2) is 0 Å². The Kier molecular flexibility index (Phi) is 4.16. The second kappa shape index (κ2) is 6.06. The molecule has 0 unspecified atom stereocenters. The van der Waals surface area contributed by atoms with Crippen LogP contribution >= 0.6 is 0 Å². The van der Waals surface area contributed by atoms with Crippen LogP contribution in [0.5, 0.6) is 5.75 Å². The summed E-state index contributed by atoms with van der Waals surface area (Å²) in [6, 6.07) is 9.93. The van der Waals surface area contributed by atoms with E-state index in [0.717, 1.165) is 12.3 Å². The Morgan fingerprint density at radius 3 is 2.94 bits per heavy atom. The van der Waals surface area contributed by atoms with Gasteiger partial charge in [0.15, 0.2) is 0 Å². The average molecular weight is 232 g/mol. The SMILES string of the molecule is COCCOc1cccc(Cn2cccn2)c1. The highest BCUT2D eigenvalue weighted by Gasteiger charge is 1.98. The highest BCUT2D eigenvalue weighted by molar-refractivity contribution is 5.28. The molecule has 4 heteroatoms. The van der Waals surface area contributed by atoms with Crippen LogP contribution in [0.15, 0.2) is 42.7 Å². The molecule has 1 aromatic carbocycles. The van der Waals surface area contributed by atoms with E-state index >= 15 is 0 Å². The van der Waals surface area contributed by atoms with Crippen LogP contribution in [0.4, 0.5) is 0 Å². The molecule has 2 aromatic rings. The molecule has 1 aromatic heterocycles. The van der Waals surface area contributed by atoms with Crippen LogP contribution in [0.2, 0.25) is 0 Å². The summed E-state index contributed by atoms with van der Waals surface area (Å²) >= 11 is 0. The van der Waals surface area contributed by atoms with Gasteiger partial charge < -0.3 is 9.47 Å². The number of nitrogens with zero attached hydrogens (tertiary/aromatic N) is 2. The van der Waals surface area contributed by atoms with Crippen molar-refractivity contribution in [3.05, 3.63) is 48.3 Å². The molecule has 1 heterocycles. The third-order valence-electron chi connectivity index (χ3n) is 2.36. The molecule has 0 saturated heterocycles. The van der Waals surface area contributed by atoms with Gasteiger partial charge in [0, 0.05) is 19.5 Å². The molecule has 0 aliphatic carbocycles. The Morgan fingerprint density at radius 2 is 2.18 bits per heavy atom. The van der Waals surface area contributed by atoms with Crippen molar-refractivity contribution in [1.29, 1.82) is 0 Å². The van der Waals surface area contributed by atoms with Crippen LogP contribution < -0.4 is 4.74 Å². The molecule has 0 saturated carbocycles. The average Bonchev–Trinajstić information content (AvgIpc) is 2.83. The van der Waals surface area contributed by atoms with E-state index in [2.05, 4.69) is 11.2 Å². The number of hydrogen-bond acceptors (Lipinski definition) is 3. The fourth-order valence-corrected chi connectivity index (χ4v) is 1.56. The molecule has 0 aliphatic heterocycles. The summed E-state index contributed by atoms with van der Waals surface area (Å²) in [6.45, 7) is 1.93. The zero-order valence-corrected chi connectivity index (χ0v) is 9.87. The summed E-state index contributed by atoms with van der Waals surface area (Å²) in [5, 5.41) is 4.17. The second-order valence-electron chi connectivity index (χ2n) is 3.69. The molecular weight excluding hydrogens is 216 g/mol. The predicted octanol–water partition coefficient (Wildman–Crippen LogP) is 1.96. The minimum atomic E-state index is 0.571. The van der Waals surface area contributed by atoms with Gasteiger partial charge in [0.1, 0.15) is 12.4 Å². The lowest BCUT2D eigenvalue weighted by Gasteiger charge is -2.07. The largest absolute Gasteiger partial charge is 0.491 e. The topological polar surface area (TPSA) is 36.3 Å². The minimum absolute atomic E-state index is 0.571. The minimum Gasteiger partial charge on any atom is -0.491 e. The van der Waals surface area contributed by atoms with Crippen LogP contribution in [0.25, 0.3) is 0 Å². The lowest BCUT2D eigenvalue weighted by Crippen LogP contribution is -2.05. The first-order valence-electron chi connectivity index (χ1n) is 5.56. The maximum atomic E-state index is 5.55. The van der Waals surface area contributed by atoms with Gasteiger partial charge in [0.25, 0.3) is 0 Å². The molecule has 0 aliphatic rings. The van der Waals surface area contributed by atoms with E-state index in [-0.39, 0.29) is 0 Å². The first kappa shape index (κ1) is 11.7. The number of hydrogen-bond donors (Lipinski definition) is 0. The number of rotatable bonds is 6. The zero-order chi connectivity index (χ0) is 11.9. The van der Waals surface area contributed by atoms with Gasteiger partial charge >= 0.3 is 0 Å². The summed E-state index contributed by atoms with van der Waals surface area (Å²) in [4.78, 5) is 0. The van der Waals surface area contributed by atoms with Crippen LogP contribution in [0.1, 0.15) is 5.56 Å². The second-order valence-corrected chi connectivity index (χ2v) is 3.69. The monoisotopic (exact) mass is 232 g/mol. The Labute approximate surface area is 101 Å². The van der Waals surface area contributed by atoms with E-state index in [4.69, 9.17) is 9.47 Å². The molecule has 0 N–H and O–H groups in total. The highest BCUT2D eigenvalue weighted by Crippen LogP contribution is 2.14. The van der Waals surface area contributed by atoms with Crippen molar-refractivity contribution in [3.63, 3.8) is 0 Å². The zero-order valence-electron chi connectivity index (χ0n) is 9.87. The van der Waals surface area contributed by atoms with Crippen molar-refractivity contribution < 1.29 is 9.47 Å². The smallest absolute Gasteiger partial charge is 0.119 e. The fourth-order valence-electron chi connectivity index (χ4n) is 1.56. The number of methoxy groups -OCH3 is 1. The summed E-state index contributed by atoms with van der Waals surface area (Å²) in [5.74, 6) is 0.867. The molecule has 90 valence electrons. The maximum absolute atomic E-state index is 5.55. The van der Waals surface area contributed by atoms with Gasteiger partial charge in [0.2, 0.25) is 0 Å². The molecule has 0 bridgehead atoms. The van der Waals surface area contributed by atoms with Crippen molar-refractivity contribution in [3.8, 4) is 5.75 Å². The van der Waals surface area contributed by atoms with Crippen LogP contribution in [0, 0.1) is 0 Å². The van der Waals surface area contributed by atoms with Gasteiger partial charge in [-0.05, 0) is 23.8 Å². The lowest BCUT2D eigenvalue weighted by molar-refractivity contribution is 0.146. The van der Waals surface area contributed by atoms with Crippen molar-refractivity contribution in [2.24, 2.45) is 0 Å². The molecule has 0 radical (unpaired) electrons. The third kappa shape index (κ3) is 3.60. The first-order chi connectivity index (χ1) is 8.38. The van der Waals surface area contributed by atoms with E-state index in [9.17, 15) is 0 Å². The Morgan fingerprint density at radius 1 is 1.24 bits per heavy atom. The molecule has 4 nitrogen and oxygen atoms in total. The molecule has 0 amide bonds. The van der Waals surface area contributed by atoms with Gasteiger partial charge in [-0.2, -0.15) is 5.10 Å². The molecular formula is C13H16N2O2. The van der Waals surface area contributed by atoms with E-state index in [1.54, 1.807) is 13.3 Å². The van der Waals surface area contributed by atoms with Crippen molar-refractivity contribution in [2.45, 2.75) is 6.54 Å². The Bertz CT molecular complexity index is 440. The summed E-state index contributed by atoms with van der Waals surface area (Å²) in [7, 11) is 1.66. The van der Waals surface area contributed by atoms with Gasteiger partial charge in [-0.3, -0.25) is 4.68 Å². The van der Waals surface area contributed by atoms with Gasteiger partial charge in [-0.1, -0.05) is 12.1 Å². The summed E-state index contributed by atoms with van der Waals surface area (Å²) in [5.41, 5.74) is 1.17. The van der Waals surface area contributed by atoms with Crippen LogP contribution in [-0.2, 0) is 11.3 Å². The van der Waals surface area contributed by atoms with Crippen molar-refractivity contribution >= 4 is 0 Å². The molecule has 0 spiro atoms. The number of ether oxygens (including phenoxy) is 2. The highest BCUT2D eigenvalue weighted by atomic mass is 16.5. The van der Waals surface area contributed by atoms with E-state index in [1.165, 1.54) is 5.56 Å². The van der Waals surface area contributed by atoms with Crippen molar-refractivity contribution in [1.82, 2.24) is 9.78 Å². The summed E-state index contributed by atoms with van der Waals surface area (Å²) in [6.07, 6.45) is 3.72. The summed E-state index contributed by atoms with van der Waals surface area (Å²) < 4.78 is 12.4. The molecule has 17 heavy (non-hydrogen) atoms. The van der Waals surface area contributed by atoms with E-state index < -0.39 is 0 Å². The van der Waals surface area contributed by atoms with E-state index in [1.807, 2.05) is 35.1 Å². The normalized spacial score (nSPS) is 10.4. The number of aromatic nitrogens is 2. The Hall–Kier alpha value is -1.81. The van der Waals surface area contributed by atoms with Crippen LogP contribution in [0.3, 0.4) is 0 Å². The van der Waals surface area contributed by atoms with Crippen LogP contribution in [-0.4, -0.2) is 30.1 Å². The predicted molar refractivity (Wildman–Crippen MR) is 65.1 cm³/mol. The van der Waals surface area contributed by atoms with Gasteiger partial charge in [0.05, 0.1) is 13.2 Å². The molecule has 0 fully saturated rings.